The van der Waals surface area contributed by atoms with E-state index in [1.54, 1.807) is 0 Å². The summed E-state index contributed by atoms with van der Waals surface area (Å²) in [5.41, 5.74) is 4.58. The van der Waals surface area contributed by atoms with E-state index >= 15 is 0 Å². The van der Waals surface area contributed by atoms with Crippen molar-refractivity contribution < 1.29 is 10.5 Å². The van der Waals surface area contributed by atoms with Crippen LogP contribution in [0.1, 0.15) is 25.0 Å². The Balaban J connectivity index is 0.000000791. The van der Waals surface area contributed by atoms with Gasteiger partial charge in [-0.3, -0.25) is 10.5 Å². The van der Waals surface area contributed by atoms with Crippen molar-refractivity contribution in [3.8, 4) is 0 Å². The molecule has 76 valence electrons. The Bertz CT molecular complexity index is 294. The standard InChI is InChI=1S/C12H14.H2O2/c1-9(2)11-7-5-6-8-12(11)10(3)4;1-2/h5-8H,1,3H2,2,4H3;1-2H. The van der Waals surface area contributed by atoms with Gasteiger partial charge in [-0.2, -0.15) is 0 Å². The summed E-state index contributed by atoms with van der Waals surface area (Å²) >= 11 is 0. The molecule has 2 nitrogen and oxygen atoms in total. The fourth-order valence-corrected chi connectivity index (χ4v) is 1.23. The summed E-state index contributed by atoms with van der Waals surface area (Å²) in [4.78, 5) is 0. The van der Waals surface area contributed by atoms with E-state index in [1.165, 1.54) is 11.1 Å². The normalized spacial score (nSPS) is 8.57. The minimum absolute atomic E-state index is 1.09. The van der Waals surface area contributed by atoms with Crippen LogP contribution in [0.4, 0.5) is 0 Å². The van der Waals surface area contributed by atoms with Crippen molar-refractivity contribution in [3.63, 3.8) is 0 Å². The Morgan fingerprint density at radius 3 is 1.43 bits per heavy atom. The van der Waals surface area contributed by atoms with Crippen molar-refractivity contribution in [2.75, 3.05) is 0 Å². The van der Waals surface area contributed by atoms with Crippen LogP contribution in [0.3, 0.4) is 0 Å². The molecule has 0 bridgehead atoms. The number of allylic oxidation sites excluding steroid dienone is 2. The molecule has 0 aliphatic heterocycles. The van der Waals surface area contributed by atoms with Crippen LogP contribution in [0, 0.1) is 0 Å². The van der Waals surface area contributed by atoms with Gasteiger partial charge in [0.1, 0.15) is 0 Å². The molecule has 0 amide bonds. The summed E-state index contributed by atoms with van der Waals surface area (Å²) in [6.45, 7) is 11.9. The Labute approximate surface area is 84.8 Å². The van der Waals surface area contributed by atoms with Crippen LogP contribution in [0.2, 0.25) is 0 Å². The first kappa shape index (κ1) is 12.6. The summed E-state index contributed by atoms with van der Waals surface area (Å²) < 4.78 is 0. The van der Waals surface area contributed by atoms with Crippen LogP contribution in [0.15, 0.2) is 37.4 Å². The zero-order chi connectivity index (χ0) is 11.1. The maximum absolute atomic E-state index is 6.00. The number of rotatable bonds is 2. The molecule has 0 unspecified atom stereocenters. The highest BCUT2D eigenvalue weighted by atomic mass is 17.0. The molecule has 0 aliphatic rings. The summed E-state index contributed by atoms with van der Waals surface area (Å²) in [7, 11) is 0. The van der Waals surface area contributed by atoms with Crippen LogP contribution >= 0.6 is 0 Å². The minimum Gasteiger partial charge on any atom is -0.255 e. The number of benzene rings is 1. The third-order valence-electron chi connectivity index (χ3n) is 1.85. The van der Waals surface area contributed by atoms with Crippen molar-refractivity contribution >= 4 is 11.1 Å². The molecule has 0 saturated heterocycles. The fraction of sp³-hybridized carbons (Fsp3) is 0.167. The van der Waals surface area contributed by atoms with E-state index in [2.05, 4.69) is 25.3 Å². The third-order valence-corrected chi connectivity index (χ3v) is 1.85. The lowest BCUT2D eigenvalue weighted by molar-refractivity contribution is -0.176. The van der Waals surface area contributed by atoms with Crippen LogP contribution in [0.25, 0.3) is 11.1 Å². The lowest BCUT2D eigenvalue weighted by Crippen LogP contribution is -1.86. The van der Waals surface area contributed by atoms with E-state index in [9.17, 15) is 0 Å². The Kier molecular flexibility index (Phi) is 5.53. The van der Waals surface area contributed by atoms with E-state index in [1.807, 2.05) is 26.0 Å². The quantitative estimate of drug-likeness (QED) is 0.553. The Hall–Kier alpha value is -1.38. The predicted octanol–water partition coefficient (Wildman–Crippen LogP) is 3.77. The first-order chi connectivity index (χ1) is 6.63. The highest BCUT2D eigenvalue weighted by Gasteiger charge is 2.00. The molecule has 0 fully saturated rings. The van der Waals surface area contributed by atoms with E-state index in [4.69, 9.17) is 10.5 Å². The molecule has 0 atom stereocenters. The van der Waals surface area contributed by atoms with E-state index in [0.29, 0.717) is 0 Å². The summed E-state index contributed by atoms with van der Waals surface area (Å²) in [5.74, 6) is 0. The van der Waals surface area contributed by atoms with Gasteiger partial charge in [-0.15, -0.1) is 0 Å². The van der Waals surface area contributed by atoms with Gasteiger partial charge in [-0.25, -0.2) is 0 Å². The van der Waals surface area contributed by atoms with Crippen molar-refractivity contribution in [2.45, 2.75) is 13.8 Å². The van der Waals surface area contributed by atoms with Crippen molar-refractivity contribution in [2.24, 2.45) is 0 Å². The molecule has 14 heavy (non-hydrogen) atoms. The maximum Gasteiger partial charge on any atom is -0.0158 e. The molecule has 1 aromatic carbocycles. The Morgan fingerprint density at radius 1 is 0.929 bits per heavy atom. The van der Waals surface area contributed by atoms with E-state index in [-0.39, 0.29) is 0 Å². The number of hydrogen-bond acceptors (Lipinski definition) is 2. The highest BCUT2D eigenvalue weighted by molar-refractivity contribution is 5.76. The SMILES string of the molecule is C=C(C)c1ccccc1C(=C)C.OO. The topological polar surface area (TPSA) is 40.5 Å². The molecule has 0 radical (unpaired) electrons. The van der Waals surface area contributed by atoms with Gasteiger partial charge in [-0.05, 0) is 25.0 Å². The second kappa shape index (κ2) is 6.13. The molecule has 0 aliphatic carbocycles. The third kappa shape index (κ3) is 3.17. The van der Waals surface area contributed by atoms with Gasteiger partial charge in [-0.1, -0.05) is 48.6 Å². The van der Waals surface area contributed by atoms with Crippen LogP contribution in [-0.4, -0.2) is 10.5 Å². The lowest BCUT2D eigenvalue weighted by Gasteiger charge is -2.07. The molecule has 0 spiro atoms. The van der Waals surface area contributed by atoms with Crippen molar-refractivity contribution in [1.82, 2.24) is 0 Å². The second-order valence-corrected chi connectivity index (χ2v) is 3.11. The molecule has 0 heterocycles. The molecule has 1 rings (SSSR count). The Morgan fingerprint density at radius 2 is 1.21 bits per heavy atom. The zero-order valence-electron chi connectivity index (χ0n) is 8.62. The number of hydrogen-bond donors (Lipinski definition) is 2. The van der Waals surface area contributed by atoms with Gasteiger partial charge in [0.15, 0.2) is 0 Å². The molecular weight excluding hydrogens is 176 g/mol. The van der Waals surface area contributed by atoms with Gasteiger partial charge in [0, 0.05) is 0 Å². The smallest absolute Gasteiger partial charge is 0.0158 e. The fourth-order valence-electron chi connectivity index (χ4n) is 1.23. The van der Waals surface area contributed by atoms with Crippen molar-refractivity contribution in [3.05, 3.63) is 48.6 Å². The predicted molar refractivity (Wildman–Crippen MR) is 61.1 cm³/mol. The molecule has 2 heteroatoms. The monoisotopic (exact) mass is 192 g/mol. The molecule has 2 N–H and O–H groups in total. The minimum atomic E-state index is 1.09. The first-order valence-corrected chi connectivity index (χ1v) is 4.23. The average molecular weight is 192 g/mol. The lowest BCUT2D eigenvalue weighted by atomic mass is 9.98. The highest BCUT2D eigenvalue weighted by Crippen LogP contribution is 2.22. The van der Waals surface area contributed by atoms with Crippen molar-refractivity contribution in [1.29, 1.82) is 0 Å². The van der Waals surface area contributed by atoms with Gasteiger partial charge >= 0.3 is 0 Å². The molecule has 0 saturated carbocycles. The zero-order valence-corrected chi connectivity index (χ0v) is 8.62. The van der Waals surface area contributed by atoms with Crippen LogP contribution in [0.5, 0.6) is 0 Å². The van der Waals surface area contributed by atoms with Gasteiger partial charge in [0.05, 0.1) is 0 Å². The van der Waals surface area contributed by atoms with Gasteiger partial charge in [0.25, 0.3) is 0 Å². The average Bonchev–Trinajstić information content (AvgIpc) is 2.20. The largest absolute Gasteiger partial charge is 0.255 e. The van der Waals surface area contributed by atoms with Crippen LogP contribution < -0.4 is 0 Å². The van der Waals surface area contributed by atoms with E-state index in [0.717, 1.165) is 11.1 Å². The van der Waals surface area contributed by atoms with Gasteiger partial charge < -0.3 is 0 Å². The molecular formula is C12H16O2. The molecule has 0 aromatic heterocycles. The van der Waals surface area contributed by atoms with Crippen LogP contribution in [-0.2, 0) is 0 Å². The summed E-state index contributed by atoms with van der Waals surface area (Å²) in [5, 5.41) is 12.0. The molecule has 1 aromatic rings. The van der Waals surface area contributed by atoms with E-state index < -0.39 is 0 Å². The van der Waals surface area contributed by atoms with Gasteiger partial charge in [0.2, 0.25) is 0 Å². The summed E-state index contributed by atoms with van der Waals surface area (Å²) in [6.07, 6.45) is 0. The summed E-state index contributed by atoms with van der Waals surface area (Å²) in [6, 6.07) is 8.20. The first-order valence-electron chi connectivity index (χ1n) is 4.23. The second-order valence-electron chi connectivity index (χ2n) is 3.11. The maximum atomic E-state index is 6.00.